The number of nitrogens with zero attached hydrogens (tertiary/aromatic N) is 5. The van der Waals surface area contributed by atoms with Crippen molar-refractivity contribution in [2.45, 2.75) is 60.0 Å². The third-order valence-electron chi connectivity index (χ3n) is 5.29. The molecule has 0 bridgehead atoms. The molecular formula is C18H25N5O3. The van der Waals surface area contributed by atoms with E-state index in [1.54, 1.807) is 14.0 Å². The van der Waals surface area contributed by atoms with E-state index >= 15 is 0 Å². The van der Waals surface area contributed by atoms with Gasteiger partial charge in [-0.15, -0.1) is 0 Å². The maximum atomic E-state index is 13.1. The molecule has 0 aromatic carbocycles. The van der Waals surface area contributed by atoms with Crippen molar-refractivity contribution in [3.63, 3.8) is 0 Å². The monoisotopic (exact) mass is 359 g/mol. The summed E-state index contributed by atoms with van der Waals surface area (Å²) in [5, 5.41) is 0. The van der Waals surface area contributed by atoms with E-state index in [2.05, 4.69) is 16.5 Å². The standard InChI is InChI=1S/C18H25N5O3/c1-7-8-9-21-10(2)11(3)22-14-15(19-17(21)22)20(6)18(26)23(16(14)25)12(4)13(5)24/h12H,7-9H2,1-6H3/t12-/m1/s1. The summed E-state index contributed by atoms with van der Waals surface area (Å²) in [7, 11) is 1.58. The van der Waals surface area contributed by atoms with Gasteiger partial charge in [0, 0.05) is 25.0 Å². The Morgan fingerprint density at radius 1 is 1.19 bits per heavy atom. The van der Waals surface area contributed by atoms with Crippen molar-refractivity contribution in [2.75, 3.05) is 0 Å². The number of rotatable bonds is 5. The minimum atomic E-state index is -0.820. The fourth-order valence-electron chi connectivity index (χ4n) is 3.39. The highest BCUT2D eigenvalue weighted by Crippen LogP contribution is 2.21. The lowest BCUT2D eigenvalue weighted by Crippen LogP contribution is -2.42. The van der Waals surface area contributed by atoms with Crippen molar-refractivity contribution in [3.05, 3.63) is 32.2 Å². The highest BCUT2D eigenvalue weighted by atomic mass is 16.2. The van der Waals surface area contributed by atoms with E-state index in [1.165, 1.54) is 11.5 Å². The first-order valence-corrected chi connectivity index (χ1v) is 8.92. The van der Waals surface area contributed by atoms with Crippen LogP contribution in [0, 0.1) is 13.8 Å². The first-order chi connectivity index (χ1) is 12.2. The van der Waals surface area contributed by atoms with Crippen LogP contribution in [0.1, 0.15) is 51.0 Å². The highest BCUT2D eigenvalue weighted by molar-refractivity contribution is 5.81. The molecule has 0 N–H and O–H groups in total. The number of unbranched alkanes of at least 4 members (excludes halogenated alkanes) is 1. The molecule has 0 aliphatic carbocycles. The number of imidazole rings is 2. The van der Waals surface area contributed by atoms with Gasteiger partial charge in [-0.25, -0.2) is 9.36 Å². The lowest BCUT2D eigenvalue weighted by atomic mass is 10.2. The Kier molecular flexibility index (Phi) is 4.37. The average Bonchev–Trinajstić information content (AvgIpc) is 3.08. The van der Waals surface area contributed by atoms with Crippen molar-refractivity contribution < 1.29 is 4.79 Å². The summed E-state index contributed by atoms with van der Waals surface area (Å²) < 4.78 is 6.27. The summed E-state index contributed by atoms with van der Waals surface area (Å²) in [5.41, 5.74) is 1.63. The Hall–Kier alpha value is -2.64. The first-order valence-electron chi connectivity index (χ1n) is 8.92. The van der Waals surface area contributed by atoms with Crippen LogP contribution in [0.25, 0.3) is 16.9 Å². The van der Waals surface area contributed by atoms with Gasteiger partial charge in [-0.2, -0.15) is 4.98 Å². The molecule has 0 saturated heterocycles. The maximum Gasteiger partial charge on any atom is 0.333 e. The van der Waals surface area contributed by atoms with Crippen LogP contribution in [-0.4, -0.2) is 28.9 Å². The molecule has 0 spiro atoms. The molecule has 3 heterocycles. The number of fused-ring (bicyclic) bond motifs is 3. The van der Waals surface area contributed by atoms with Crippen molar-refractivity contribution in [3.8, 4) is 0 Å². The SMILES string of the molecule is CCCCn1c(C)c(C)n2c3c(=O)n([C@H](C)C(C)=O)c(=O)n(C)c3nc12. The number of hydrogen-bond acceptors (Lipinski definition) is 4. The molecule has 0 unspecified atom stereocenters. The van der Waals surface area contributed by atoms with E-state index < -0.39 is 17.3 Å². The molecule has 3 aromatic heterocycles. The van der Waals surface area contributed by atoms with Gasteiger partial charge in [0.2, 0.25) is 5.78 Å². The Balaban J connectivity index is 2.49. The molecule has 3 rings (SSSR count). The normalized spacial score (nSPS) is 13.0. The van der Waals surface area contributed by atoms with Gasteiger partial charge in [0.05, 0.1) is 6.04 Å². The minimum Gasteiger partial charge on any atom is -0.314 e. The summed E-state index contributed by atoms with van der Waals surface area (Å²) in [4.78, 5) is 42.2. The van der Waals surface area contributed by atoms with Crippen LogP contribution < -0.4 is 11.2 Å². The zero-order valence-corrected chi connectivity index (χ0v) is 16.2. The molecule has 0 radical (unpaired) electrons. The third-order valence-corrected chi connectivity index (χ3v) is 5.29. The largest absolute Gasteiger partial charge is 0.333 e. The molecule has 0 aliphatic heterocycles. The summed E-state index contributed by atoms with van der Waals surface area (Å²) in [6, 6.07) is -0.820. The second-order valence-corrected chi connectivity index (χ2v) is 6.90. The van der Waals surface area contributed by atoms with Crippen LogP contribution in [0.3, 0.4) is 0 Å². The maximum absolute atomic E-state index is 13.1. The molecule has 8 heteroatoms. The van der Waals surface area contributed by atoms with Gasteiger partial charge in [-0.3, -0.25) is 18.6 Å². The van der Waals surface area contributed by atoms with Crippen molar-refractivity contribution >= 4 is 22.7 Å². The van der Waals surface area contributed by atoms with Crippen LogP contribution in [-0.2, 0) is 18.4 Å². The van der Waals surface area contributed by atoms with Crippen LogP contribution in [0.15, 0.2) is 9.59 Å². The molecule has 0 fully saturated rings. The number of ketones is 1. The van der Waals surface area contributed by atoms with Gasteiger partial charge < -0.3 is 4.57 Å². The Labute approximate surface area is 150 Å². The predicted octanol–water partition coefficient (Wildman–Crippen LogP) is 1.72. The molecular weight excluding hydrogens is 334 g/mol. The quantitative estimate of drug-likeness (QED) is 0.694. The van der Waals surface area contributed by atoms with E-state index in [1.807, 2.05) is 18.2 Å². The van der Waals surface area contributed by atoms with Crippen LogP contribution in [0.2, 0.25) is 0 Å². The molecule has 0 amide bonds. The van der Waals surface area contributed by atoms with Gasteiger partial charge in [0.25, 0.3) is 5.56 Å². The summed E-state index contributed by atoms with van der Waals surface area (Å²) in [6.07, 6.45) is 2.04. The number of aromatic nitrogens is 5. The average molecular weight is 359 g/mol. The Morgan fingerprint density at radius 3 is 2.42 bits per heavy atom. The zero-order valence-electron chi connectivity index (χ0n) is 16.2. The van der Waals surface area contributed by atoms with E-state index in [-0.39, 0.29) is 5.78 Å². The minimum absolute atomic E-state index is 0.238. The second-order valence-electron chi connectivity index (χ2n) is 6.90. The summed E-state index contributed by atoms with van der Waals surface area (Å²) >= 11 is 0. The smallest absolute Gasteiger partial charge is 0.314 e. The number of hydrogen-bond donors (Lipinski definition) is 0. The Bertz CT molecular complexity index is 1140. The van der Waals surface area contributed by atoms with E-state index in [0.717, 1.165) is 35.3 Å². The predicted molar refractivity (Wildman–Crippen MR) is 100.0 cm³/mol. The van der Waals surface area contributed by atoms with Crippen LogP contribution in [0.5, 0.6) is 0 Å². The lowest BCUT2D eigenvalue weighted by molar-refractivity contribution is -0.119. The van der Waals surface area contributed by atoms with E-state index in [0.29, 0.717) is 16.9 Å². The van der Waals surface area contributed by atoms with Gasteiger partial charge in [-0.05, 0) is 34.1 Å². The summed E-state index contributed by atoms with van der Waals surface area (Å²) in [6.45, 7) is 9.81. The second kappa shape index (κ2) is 6.26. The van der Waals surface area contributed by atoms with Gasteiger partial charge in [0.15, 0.2) is 16.9 Å². The zero-order chi connectivity index (χ0) is 19.3. The first kappa shape index (κ1) is 18.2. The molecule has 26 heavy (non-hydrogen) atoms. The Morgan fingerprint density at radius 2 is 1.85 bits per heavy atom. The fraction of sp³-hybridized carbons (Fsp3) is 0.556. The van der Waals surface area contributed by atoms with E-state index in [4.69, 9.17) is 0 Å². The highest BCUT2D eigenvalue weighted by Gasteiger charge is 2.25. The van der Waals surface area contributed by atoms with Crippen molar-refractivity contribution in [1.29, 1.82) is 0 Å². The van der Waals surface area contributed by atoms with Gasteiger partial charge in [0.1, 0.15) is 0 Å². The fourth-order valence-corrected chi connectivity index (χ4v) is 3.39. The van der Waals surface area contributed by atoms with Crippen molar-refractivity contribution in [2.24, 2.45) is 7.05 Å². The lowest BCUT2D eigenvalue weighted by Gasteiger charge is -2.12. The molecule has 0 saturated carbocycles. The molecule has 140 valence electrons. The molecule has 0 aliphatic rings. The molecule has 3 aromatic rings. The number of Topliss-reactive ketones (excluding diaryl/α,β-unsaturated/α-hetero) is 1. The van der Waals surface area contributed by atoms with Gasteiger partial charge >= 0.3 is 5.69 Å². The van der Waals surface area contributed by atoms with Gasteiger partial charge in [-0.1, -0.05) is 13.3 Å². The molecule has 1 atom stereocenters. The number of carbonyl (C=O) groups is 1. The van der Waals surface area contributed by atoms with Crippen molar-refractivity contribution in [1.82, 2.24) is 23.1 Å². The molecule has 8 nitrogen and oxygen atoms in total. The third kappa shape index (κ3) is 2.35. The van der Waals surface area contributed by atoms with Crippen LogP contribution >= 0.6 is 0 Å². The summed E-state index contributed by atoms with van der Waals surface area (Å²) in [5.74, 6) is 0.418. The topological polar surface area (TPSA) is 83.3 Å². The van der Waals surface area contributed by atoms with Crippen LogP contribution in [0.4, 0.5) is 0 Å². The van der Waals surface area contributed by atoms with E-state index in [9.17, 15) is 14.4 Å². The number of aryl methyl sites for hydroxylation is 3. The number of carbonyl (C=O) groups excluding carboxylic acids is 1.